The van der Waals surface area contributed by atoms with E-state index in [1.165, 1.54) is 38.5 Å². The lowest BCUT2D eigenvalue weighted by atomic mass is 9.47. The molecule has 4 aliphatic rings. The van der Waals surface area contributed by atoms with E-state index in [1.54, 1.807) is 5.57 Å². The number of allylic oxidation sites excluding steroid dienone is 1. The number of hydrogen-bond donors (Lipinski definition) is 2. The van der Waals surface area contributed by atoms with Gasteiger partial charge in [0.1, 0.15) is 0 Å². The lowest BCUT2D eigenvalue weighted by Gasteiger charge is -2.58. The maximum atomic E-state index is 10.6. The van der Waals surface area contributed by atoms with Gasteiger partial charge in [0, 0.05) is 17.5 Å². The molecule has 0 aromatic carbocycles. The Morgan fingerprint density at radius 3 is 2.68 bits per heavy atom. The van der Waals surface area contributed by atoms with Gasteiger partial charge < -0.3 is 10.2 Å². The van der Waals surface area contributed by atoms with Gasteiger partial charge in [0.2, 0.25) is 0 Å². The fraction of sp³-hybridized carbons (Fsp3) is 0.774. The van der Waals surface area contributed by atoms with Gasteiger partial charge >= 0.3 is 0 Å². The van der Waals surface area contributed by atoms with Crippen LogP contribution >= 0.6 is 0 Å². The molecule has 0 bridgehead atoms. The summed E-state index contributed by atoms with van der Waals surface area (Å²) in [7, 11) is 0. The normalized spacial score (nSPS) is 40.7. The number of pyridine rings is 1. The van der Waals surface area contributed by atoms with E-state index in [-0.39, 0.29) is 6.10 Å². The number of fused-ring (bicyclic) bond motifs is 5. The van der Waals surface area contributed by atoms with Gasteiger partial charge in [-0.25, -0.2) is 0 Å². The minimum Gasteiger partial charge on any atom is -0.393 e. The number of aryl methyl sites for hydroxylation is 1. The minimum absolute atomic E-state index is 0.113. The Morgan fingerprint density at radius 1 is 1.12 bits per heavy atom. The zero-order chi connectivity index (χ0) is 24.3. The molecule has 0 saturated heterocycles. The quantitative estimate of drug-likeness (QED) is 0.469. The highest BCUT2D eigenvalue weighted by Gasteiger charge is 2.59. The predicted molar refractivity (Wildman–Crippen MR) is 138 cm³/mol. The molecule has 3 heteroatoms. The molecule has 0 amide bonds. The molecule has 1 aromatic rings. The highest BCUT2D eigenvalue weighted by Crippen LogP contribution is 2.67. The average Bonchev–Trinajstić information content (AvgIpc) is 3.15. The predicted octanol–water partition coefficient (Wildman–Crippen LogP) is 6.82. The zero-order valence-electron chi connectivity index (χ0n) is 22.2. The van der Waals surface area contributed by atoms with Crippen LogP contribution in [0.25, 0.3) is 0 Å². The van der Waals surface area contributed by atoms with Crippen molar-refractivity contribution in [3.63, 3.8) is 0 Å². The summed E-state index contributed by atoms with van der Waals surface area (Å²) >= 11 is 0. The fourth-order valence-corrected chi connectivity index (χ4v) is 9.38. The Kier molecular flexibility index (Phi) is 6.29. The van der Waals surface area contributed by atoms with Crippen molar-refractivity contribution in [2.45, 2.75) is 111 Å². The van der Waals surface area contributed by atoms with E-state index in [1.807, 2.05) is 32.2 Å². The summed E-state index contributed by atoms with van der Waals surface area (Å²) in [6.45, 7) is 11.4. The van der Waals surface area contributed by atoms with E-state index in [0.29, 0.717) is 16.7 Å². The molecular formula is C31H47NO2. The number of aliphatic hydroxyl groups is 2. The molecule has 4 aliphatic carbocycles. The van der Waals surface area contributed by atoms with Gasteiger partial charge in [-0.2, -0.15) is 0 Å². The Bertz CT molecular complexity index is 932. The number of hydrogen-bond acceptors (Lipinski definition) is 3. The third-order valence-corrected chi connectivity index (χ3v) is 11.2. The largest absolute Gasteiger partial charge is 0.393 e. The number of aliphatic hydroxyl groups excluding tert-OH is 1. The molecule has 0 radical (unpaired) electrons. The first kappa shape index (κ1) is 24.5. The van der Waals surface area contributed by atoms with E-state index in [2.05, 4.69) is 31.8 Å². The summed E-state index contributed by atoms with van der Waals surface area (Å²) in [6.07, 6.45) is 16.3. The first-order valence-electron chi connectivity index (χ1n) is 14.1. The van der Waals surface area contributed by atoms with Crippen molar-refractivity contribution in [3.8, 4) is 0 Å². The third kappa shape index (κ3) is 3.99. The van der Waals surface area contributed by atoms with Crippen molar-refractivity contribution in [2.24, 2.45) is 40.4 Å². The van der Waals surface area contributed by atoms with Crippen molar-refractivity contribution in [1.29, 1.82) is 0 Å². The molecule has 188 valence electrons. The molecule has 1 unspecified atom stereocenters. The van der Waals surface area contributed by atoms with Crippen LogP contribution in [0.3, 0.4) is 0 Å². The Labute approximate surface area is 207 Å². The number of aromatic nitrogens is 1. The van der Waals surface area contributed by atoms with Gasteiger partial charge in [-0.1, -0.05) is 38.5 Å². The van der Waals surface area contributed by atoms with E-state index >= 15 is 0 Å². The van der Waals surface area contributed by atoms with Crippen LogP contribution < -0.4 is 0 Å². The topological polar surface area (TPSA) is 53.4 Å². The maximum absolute atomic E-state index is 10.6. The van der Waals surface area contributed by atoms with E-state index in [0.717, 1.165) is 60.6 Å². The molecule has 1 heterocycles. The summed E-state index contributed by atoms with van der Waals surface area (Å²) in [5, 5.41) is 20.9. The zero-order valence-corrected chi connectivity index (χ0v) is 22.2. The molecule has 8 atom stereocenters. The summed E-state index contributed by atoms with van der Waals surface area (Å²) < 4.78 is 0. The monoisotopic (exact) mass is 465 g/mol. The van der Waals surface area contributed by atoms with Crippen LogP contribution in [0.4, 0.5) is 0 Å². The average molecular weight is 466 g/mol. The molecule has 3 saturated carbocycles. The van der Waals surface area contributed by atoms with Crippen LogP contribution in [-0.2, 0) is 12.0 Å². The van der Waals surface area contributed by atoms with Gasteiger partial charge in [0.15, 0.2) is 0 Å². The van der Waals surface area contributed by atoms with Crippen molar-refractivity contribution in [3.05, 3.63) is 41.2 Å². The van der Waals surface area contributed by atoms with E-state index in [4.69, 9.17) is 0 Å². The lowest BCUT2D eigenvalue weighted by molar-refractivity contribution is -0.0571. The molecule has 0 spiro atoms. The number of rotatable bonds is 5. The second kappa shape index (κ2) is 8.73. The summed E-state index contributed by atoms with van der Waals surface area (Å²) in [4.78, 5) is 4.66. The van der Waals surface area contributed by atoms with Gasteiger partial charge in [0.05, 0.1) is 11.7 Å². The fourth-order valence-electron chi connectivity index (χ4n) is 9.38. The molecule has 3 nitrogen and oxygen atoms in total. The Hall–Kier alpha value is -1.19. The second-order valence-electron chi connectivity index (χ2n) is 13.5. The Balaban J connectivity index is 1.30. The smallest absolute Gasteiger partial charge is 0.0858 e. The minimum atomic E-state index is -0.839. The SMILES string of the molecule is CC(CCc1ncccc1C(C)(C)O)[C@H]1CC[C@H]2[C@@H]3CC=C4C[C@@H](O)CC[C@]4(C)[C@H]3CC[C@]12C. The van der Waals surface area contributed by atoms with Crippen molar-refractivity contribution in [1.82, 2.24) is 4.98 Å². The highest BCUT2D eigenvalue weighted by atomic mass is 16.3. The molecule has 34 heavy (non-hydrogen) atoms. The van der Waals surface area contributed by atoms with Crippen LogP contribution in [0, 0.1) is 40.4 Å². The summed E-state index contributed by atoms with van der Waals surface area (Å²) in [5.74, 6) is 3.96. The molecule has 3 fully saturated rings. The van der Waals surface area contributed by atoms with Gasteiger partial charge in [0.25, 0.3) is 0 Å². The third-order valence-electron chi connectivity index (χ3n) is 11.2. The van der Waals surface area contributed by atoms with Gasteiger partial charge in [-0.15, -0.1) is 0 Å². The standard InChI is InChI=1S/C31H47NO2/c1-20(8-13-28-27(29(2,3)34)7-6-18-32-28)24-11-12-25-23-10-9-21-19-22(33)14-16-30(21,4)26(23)15-17-31(24,25)5/h6-7,9,18,20,22-26,33-34H,8,10-17,19H2,1-5H3/t20?,22-,23-,24+,25-,26-,30-,31+/m0/s1. The lowest BCUT2D eigenvalue weighted by Crippen LogP contribution is -2.50. The Morgan fingerprint density at radius 2 is 1.91 bits per heavy atom. The highest BCUT2D eigenvalue weighted by molar-refractivity contribution is 5.27. The second-order valence-corrected chi connectivity index (χ2v) is 13.5. The van der Waals surface area contributed by atoms with Crippen molar-refractivity contribution in [2.75, 3.05) is 0 Å². The van der Waals surface area contributed by atoms with Crippen LogP contribution in [0.15, 0.2) is 30.0 Å². The van der Waals surface area contributed by atoms with E-state index in [9.17, 15) is 10.2 Å². The summed E-state index contributed by atoms with van der Waals surface area (Å²) in [5.41, 5.74) is 3.58. The van der Waals surface area contributed by atoms with Gasteiger partial charge in [-0.3, -0.25) is 4.98 Å². The van der Waals surface area contributed by atoms with Crippen LogP contribution in [0.2, 0.25) is 0 Å². The molecule has 2 N–H and O–H groups in total. The van der Waals surface area contributed by atoms with Crippen molar-refractivity contribution >= 4 is 0 Å². The van der Waals surface area contributed by atoms with Crippen LogP contribution in [0.1, 0.15) is 104 Å². The van der Waals surface area contributed by atoms with Crippen molar-refractivity contribution < 1.29 is 10.2 Å². The maximum Gasteiger partial charge on any atom is 0.0858 e. The van der Waals surface area contributed by atoms with Crippen LogP contribution in [0.5, 0.6) is 0 Å². The first-order chi connectivity index (χ1) is 16.0. The summed E-state index contributed by atoms with van der Waals surface area (Å²) in [6, 6.07) is 3.98. The van der Waals surface area contributed by atoms with Gasteiger partial charge in [-0.05, 0) is 125 Å². The number of nitrogens with zero attached hydrogens (tertiary/aromatic N) is 1. The molecule has 0 aliphatic heterocycles. The van der Waals surface area contributed by atoms with Crippen LogP contribution in [-0.4, -0.2) is 21.3 Å². The molecule has 5 rings (SSSR count). The van der Waals surface area contributed by atoms with E-state index < -0.39 is 5.60 Å². The molecular weight excluding hydrogens is 418 g/mol. The first-order valence-corrected chi connectivity index (χ1v) is 14.1. The molecule has 1 aromatic heterocycles.